The Morgan fingerprint density at radius 3 is 2.44 bits per heavy atom. The van der Waals surface area contributed by atoms with Gasteiger partial charge in [0, 0.05) is 11.4 Å². The first-order valence-electron chi connectivity index (χ1n) is 5.83. The highest BCUT2D eigenvalue weighted by atomic mass is 32.2. The summed E-state index contributed by atoms with van der Waals surface area (Å²) in [5.74, 6) is 1.25. The predicted molar refractivity (Wildman–Crippen MR) is 70.9 cm³/mol. The minimum absolute atomic E-state index is 0.529. The molecule has 0 saturated heterocycles. The number of aryl methyl sites for hydroxylation is 1. The first kappa shape index (κ1) is 13.2. The summed E-state index contributed by atoms with van der Waals surface area (Å²) >= 11 is 0. The second kappa shape index (κ2) is 6.04. The molecule has 1 unspecified atom stereocenters. The summed E-state index contributed by atoms with van der Waals surface area (Å²) in [6.07, 6.45) is 2.15. The molecule has 0 aliphatic rings. The van der Waals surface area contributed by atoms with Crippen molar-refractivity contribution in [3.8, 4) is 0 Å². The summed E-state index contributed by atoms with van der Waals surface area (Å²) in [7, 11) is -0.958. The van der Waals surface area contributed by atoms with Gasteiger partial charge in [0.25, 0.3) is 0 Å². The maximum Gasteiger partial charge on any atom is 0.0617 e. The van der Waals surface area contributed by atoms with Crippen LogP contribution in [-0.2, 0) is 10.8 Å². The van der Waals surface area contributed by atoms with E-state index in [1.54, 1.807) is 0 Å². The minimum atomic E-state index is -0.958. The van der Waals surface area contributed by atoms with Gasteiger partial charge in [-0.15, -0.1) is 0 Å². The summed E-state index contributed by atoms with van der Waals surface area (Å²) in [6, 6.07) is 5.75. The van der Waals surface area contributed by atoms with Crippen LogP contribution in [0.5, 0.6) is 0 Å². The van der Waals surface area contributed by atoms with Crippen molar-refractivity contribution in [1.29, 1.82) is 0 Å². The van der Waals surface area contributed by atoms with Gasteiger partial charge in [-0.3, -0.25) is 4.21 Å². The number of anilines is 1. The zero-order chi connectivity index (χ0) is 12.1. The van der Waals surface area contributed by atoms with Gasteiger partial charge < -0.3 is 5.73 Å². The molecule has 0 fully saturated rings. The van der Waals surface area contributed by atoms with Gasteiger partial charge in [0.1, 0.15) is 0 Å². The Balaban J connectivity index is 2.80. The van der Waals surface area contributed by atoms with E-state index < -0.39 is 10.8 Å². The number of hydrogen-bond donors (Lipinski definition) is 1. The van der Waals surface area contributed by atoms with Crippen LogP contribution in [0, 0.1) is 12.8 Å². The fourth-order valence-electron chi connectivity index (χ4n) is 1.70. The molecule has 2 nitrogen and oxygen atoms in total. The average Bonchev–Trinajstić information content (AvgIpc) is 2.25. The number of nitrogens with two attached hydrogens (primary N) is 1. The lowest BCUT2D eigenvalue weighted by molar-refractivity contribution is 0.545. The lowest BCUT2D eigenvalue weighted by Gasteiger charge is -2.13. The Bertz CT molecular complexity index is 372. The summed E-state index contributed by atoms with van der Waals surface area (Å²) < 4.78 is 12.1. The molecule has 0 aliphatic heterocycles. The molecule has 0 amide bonds. The lowest BCUT2D eigenvalue weighted by atomic mass is 10.1. The Morgan fingerprint density at radius 2 is 1.94 bits per heavy atom. The van der Waals surface area contributed by atoms with Crippen molar-refractivity contribution in [2.45, 2.75) is 38.5 Å². The van der Waals surface area contributed by atoms with Crippen LogP contribution in [0.2, 0.25) is 0 Å². The molecule has 1 aromatic rings. The first-order chi connectivity index (χ1) is 7.58. The fraction of sp³-hybridized carbons (Fsp3) is 0.538. The van der Waals surface area contributed by atoms with Gasteiger partial charge in [0.05, 0.1) is 15.7 Å². The Labute approximate surface area is 101 Å². The standard InChI is InChI=1S/C13H21NOS/c1-4-11(5-2)9-16(15)13-7-6-10(3)8-12(13)14/h6-8,11H,4-5,9,14H2,1-3H3. The van der Waals surface area contributed by atoms with Gasteiger partial charge in [-0.2, -0.15) is 0 Å². The fourth-order valence-corrected chi connectivity index (χ4v) is 3.32. The summed E-state index contributed by atoms with van der Waals surface area (Å²) in [5.41, 5.74) is 7.66. The van der Waals surface area contributed by atoms with E-state index >= 15 is 0 Å². The van der Waals surface area contributed by atoms with Crippen LogP contribution in [0.4, 0.5) is 5.69 Å². The van der Waals surface area contributed by atoms with Crippen LogP contribution in [0.15, 0.2) is 23.1 Å². The van der Waals surface area contributed by atoms with Crippen molar-refractivity contribution in [1.82, 2.24) is 0 Å². The molecule has 0 heterocycles. The van der Waals surface area contributed by atoms with E-state index in [0.29, 0.717) is 11.6 Å². The van der Waals surface area contributed by atoms with Gasteiger partial charge in [-0.25, -0.2) is 0 Å². The largest absolute Gasteiger partial charge is 0.398 e. The zero-order valence-electron chi connectivity index (χ0n) is 10.3. The number of rotatable bonds is 5. The minimum Gasteiger partial charge on any atom is -0.398 e. The molecule has 0 spiro atoms. The molecule has 16 heavy (non-hydrogen) atoms. The van der Waals surface area contributed by atoms with Gasteiger partial charge in [-0.05, 0) is 30.5 Å². The van der Waals surface area contributed by atoms with E-state index in [1.165, 1.54) is 0 Å². The monoisotopic (exact) mass is 239 g/mol. The zero-order valence-corrected chi connectivity index (χ0v) is 11.1. The first-order valence-corrected chi connectivity index (χ1v) is 7.14. The van der Waals surface area contributed by atoms with E-state index in [2.05, 4.69) is 13.8 Å². The van der Waals surface area contributed by atoms with Crippen molar-refractivity contribution in [2.75, 3.05) is 11.5 Å². The van der Waals surface area contributed by atoms with E-state index in [-0.39, 0.29) is 0 Å². The van der Waals surface area contributed by atoms with Crippen LogP contribution < -0.4 is 5.73 Å². The van der Waals surface area contributed by atoms with Crippen LogP contribution in [0.25, 0.3) is 0 Å². The molecule has 0 bridgehead atoms. The highest BCUT2D eigenvalue weighted by molar-refractivity contribution is 7.85. The van der Waals surface area contributed by atoms with Crippen molar-refractivity contribution >= 4 is 16.5 Å². The molecule has 0 radical (unpaired) electrons. The van der Waals surface area contributed by atoms with Gasteiger partial charge >= 0.3 is 0 Å². The van der Waals surface area contributed by atoms with E-state index in [4.69, 9.17) is 5.73 Å². The van der Waals surface area contributed by atoms with Gasteiger partial charge in [0.2, 0.25) is 0 Å². The highest BCUT2D eigenvalue weighted by Gasteiger charge is 2.13. The van der Waals surface area contributed by atoms with Crippen LogP contribution in [-0.4, -0.2) is 9.96 Å². The molecular weight excluding hydrogens is 218 g/mol. The van der Waals surface area contributed by atoms with Crippen molar-refractivity contribution in [3.63, 3.8) is 0 Å². The van der Waals surface area contributed by atoms with Crippen molar-refractivity contribution < 1.29 is 4.21 Å². The highest BCUT2D eigenvalue weighted by Crippen LogP contribution is 2.21. The van der Waals surface area contributed by atoms with Crippen LogP contribution >= 0.6 is 0 Å². The van der Waals surface area contributed by atoms with Crippen LogP contribution in [0.1, 0.15) is 32.3 Å². The Kier molecular flexibility index (Phi) is 5.00. The van der Waals surface area contributed by atoms with Crippen molar-refractivity contribution in [2.24, 2.45) is 5.92 Å². The molecule has 1 atom stereocenters. The predicted octanol–water partition coefficient (Wildman–Crippen LogP) is 3.12. The average molecular weight is 239 g/mol. The second-order valence-electron chi connectivity index (χ2n) is 4.24. The third-order valence-electron chi connectivity index (χ3n) is 2.95. The molecule has 1 rings (SSSR count). The van der Waals surface area contributed by atoms with Gasteiger partial charge in [0.15, 0.2) is 0 Å². The molecule has 0 aliphatic carbocycles. The number of benzene rings is 1. The summed E-state index contributed by atoms with van der Waals surface area (Å²) in [4.78, 5) is 0.789. The third kappa shape index (κ3) is 3.34. The Hall–Kier alpha value is -0.830. The summed E-state index contributed by atoms with van der Waals surface area (Å²) in [5, 5.41) is 0. The quantitative estimate of drug-likeness (QED) is 0.802. The molecule has 3 heteroatoms. The smallest absolute Gasteiger partial charge is 0.0617 e. The SMILES string of the molecule is CCC(CC)CS(=O)c1ccc(C)cc1N. The molecule has 0 aromatic heterocycles. The van der Waals surface area contributed by atoms with E-state index in [0.717, 1.165) is 29.1 Å². The van der Waals surface area contributed by atoms with E-state index in [1.807, 2.05) is 25.1 Å². The lowest BCUT2D eigenvalue weighted by Crippen LogP contribution is -2.11. The van der Waals surface area contributed by atoms with Crippen molar-refractivity contribution in [3.05, 3.63) is 23.8 Å². The normalized spacial score (nSPS) is 13.0. The summed E-state index contributed by atoms with van der Waals surface area (Å²) in [6.45, 7) is 6.28. The van der Waals surface area contributed by atoms with E-state index in [9.17, 15) is 4.21 Å². The molecular formula is C13H21NOS. The maximum absolute atomic E-state index is 12.1. The number of hydrogen-bond acceptors (Lipinski definition) is 2. The number of nitrogen functional groups attached to an aromatic ring is 1. The molecule has 2 N–H and O–H groups in total. The van der Waals surface area contributed by atoms with Gasteiger partial charge in [-0.1, -0.05) is 32.8 Å². The molecule has 90 valence electrons. The molecule has 0 saturated carbocycles. The molecule has 1 aromatic carbocycles. The second-order valence-corrected chi connectivity index (χ2v) is 5.70. The topological polar surface area (TPSA) is 43.1 Å². The maximum atomic E-state index is 12.1. The third-order valence-corrected chi connectivity index (χ3v) is 4.59. The van der Waals surface area contributed by atoms with Crippen LogP contribution in [0.3, 0.4) is 0 Å². The Morgan fingerprint density at radius 1 is 1.31 bits per heavy atom.